The Hall–Kier alpha value is -0.630. The molecule has 22 heavy (non-hydrogen) atoms. The van der Waals surface area contributed by atoms with Crippen LogP contribution >= 0.6 is 35.7 Å². The largest absolute Gasteiger partial charge is 0.496 e. The molecular formula is C16H28IN3OS. The molecule has 0 saturated carbocycles. The molecular weight excluding hydrogens is 409 g/mol. The summed E-state index contributed by atoms with van der Waals surface area (Å²) in [5.74, 6) is 3.37. The molecule has 1 aromatic rings. The number of benzene rings is 1. The maximum absolute atomic E-state index is 5.37. The Bertz CT molecular complexity index is 435. The molecule has 0 fully saturated rings. The highest BCUT2D eigenvalue weighted by atomic mass is 127. The van der Waals surface area contributed by atoms with E-state index in [1.807, 2.05) is 30.0 Å². The number of thioether (sulfide) groups is 1. The summed E-state index contributed by atoms with van der Waals surface area (Å²) in [5, 5.41) is 6.49. The lowest BCUT2D eigenvalue weighted by molar-refractivity contribution is 0.405. The van der Waals surface area contributed by atoms with Crippen LogP contribution in [-0.4, -0.2) is 38.5 Å². The second kappa shape index (κ2) is 12.9. The van der Waals surface area contributed by atoms with Gasteiger partial charge >= 0.3 is 0 Å². The lowest BCUT2D eigenvalue weighted by Gasteiger charge is -2.13. The third kappa shape index (κ3) is 8.12. The lowest BCUT2D eigenvalue weighted by atomic mass is 10.2. The number of hydrogen-bond donors (Lipinski definition) is 2. The van der Waals surface area contributed by atoms with Gasteiger partial charge in [0.25, 0.3) is 0 Å². The molecule has 1 atom stereocenters. The average Bonchev–Trinajstić information content (AvgIpc) is 2.51. The van der Waals surface area contributed by atoms with Crippen molar-refractivity contribution in [1.29, 1.82) is 0 Å². The summed E-state index contributed by atoms with van der Waals surface area (Å²) in [7, 11) is 1.71. The number of guanidine groups is 1. The van der Waals surface area contributed by atoms with Crippen molar-refractivity contribution >= 4 is 41.7 Å². The van der Waals surface area contributed by atoms with Crippen LogP contribution in [0.15, 0.2) is 34.2 Å². The summed E-state index contributed by atoms with van der Waals surface area (Å²) in [4.78, 5) is 5.80. The Labute approximate surface area is 155 Å². The molecule has 0 aromatic heterocycles. The standard InChI is InChI=1S/C16H27N3OS.HI/c1-5-17-16(18-6-2)19-11-13(3)12-21-15-10-8-7-9-14(15)20-4;/h7-10,13H,5-6,11-12H2,1-4H3,(H2,17,18,19);1H. The zero-order valence-electron chi connectivity index (χ0n) is 13.9. The second-order valence-corrected chi connectivity index (χ2v) is 5.88. The van der Waals surface area contributed by atoms with E-state index in [0.29, 0.717) is 5.92 Å². The smallest absolute Gasteiger partial charge is 0.191 e. The Morgan fingerprint density at radius 3 is 2.45 bits per heavy atom. The normalized spacial score (nSPS) is 11.1. The van der Waals surface area contributed by atoms with E-state index in [4.69, 9.17) is 4.74 Å². The van der Waals surface area contributed by atoms with Crippen molar-refractivity contribution in [3.05, 3.63) is 24.3 Å². The van der Waals surface area contributed by atoms with Gasteiger partial charge < -0.3 is 15.4 Å². The molecule has 1 aromatic carbocycles. The monoisotopic (exact) mass is 437 g/mol. The van der Waals surface area contributed by atoms with Crippen LogP contribution in [0.3, 0.4) is 0 Å². The Kier molecular flexibility index (Phi) is 12.5. The van der Waals surface area contributed by atoms with E-state index >= 15 is 0 Å². The van der Waals surface area contributed by atoms with Crippen LogP contribution in [0.25, 0.3) is 0 Å². The average molecular weight is 437 g/mol. The predicted molar refractivity (Wildman–Crippen MR) is 108 cm³/mol. The highest BCUT2D eigenvalue weighted by Gasteiger charge is 2.07. The van der Waals surface area contributed by atoms with Crippen molar-refractivity contribution in [2.24, 2.45) is 10.9 Å². The summed E-state index contributed by atoms with van der Waals surface area (Å²) in [5.41, 5.74) is 0. The van der Waals surface area contributed by atoms with Gasteiger partial charge in [0, 0.05) is 30.3 Å². The van der Waals surface area contributed by atoms with E-state index in [0.717, 1.165) is 37.1 Å². The molecule has 0 aliphatic rings. The zero-order chi connectivity index (χ0) is 15.5. The maximum Gasteiger partial charge on any atom is 0.191 e. The number of methoxy groups -OCH3 is 1. The van der Waals surface area contributed by atoms with Crippen LogP contribution in [0.4, 0.5) is 0 Å². The van der Waals surface area contributed by atoms with Gasteiger partial charge in [0.15, 0.2) is 5.96 Å². The van der Waals surface area contributed by atoms with E-state index in [-0.39, 0.29) is 24.0 Å². The number of aliphatic imine (C=N–C) groups is 1. The highest BCUT2D eigenvalue weighted by molar-refractivity contribution is 14.0. The molecule has 0 radical (unpaired) electrons. The van der Waals surface area contributed by atoms with Crippen molar-refractivity contribution in [3.8, 4) is 5.75 Å². The third-order valence-electron chi connectivity index (χ3n) is 2.84. The van der Waals surface area contributed by atoms with Crippen molar-refractivity contribution in [2.75, 3.05) is 32.5 Å². The molecule has 126 valence electrons. The van der Waals surface area contributed by atoms with Crippen LogP contribution in [0.1, 0.15) is 20.8 Å². The number of rotatable bonds is 8. The number of ether oxygens (including phenoxy) is 1. The molecule has 1 unspecified atom stereocenters. The zero-order valence-corrected chi connectivity index (χ0v) is 17.0. The first-order chi connectivity index (χ1) is 10.2. The molecule has 0 saturated heterocycles. The van der Waals surface area contributed by atoms with Gasteiger partial charge in [-0.3, -0.25) is 4.99 Å². The number of halogens is 1. The fourth-order valence-electron chi connectivity index (χ4n) is 1.78. The summed E-state index contributed by atoms with van der Waals surface area (Å²) in [6.45, 7) is 8.97. The summed E-state index contributed by atoms with van der Waals surface area (Å²) in [6.07, 6.45) is 0. The highest BCUT2D eigenvalue weighted by Crippen LogP contribution is 2.29. The number of hydrogen-bond acceptors (Lipinski definition) is 3. The quantitative estimate of drug-likeness (QED) is 0.282. The molecule has 0 aliphatic heterocycles. The Balaban J connectivity index is 0.00000441. The van der Waals surface area contributed by atoms with E-state index in [9.17, 15) is 0 Å². The van der Waals surface area contributed by atoms with Crippen LogP contribution < -0.4 is 15.4 Å². The van der Waals surface area contributed by atoms with E-state index in [1.54, 1.807) is 7.11 Å². The van der Waals surface area contributed by atoms with Gasteiger partial charge in [0.1, 0.15) is 5.75 Å². The first-order valence-corrected chi connectivity index (χ1v) is 8.47. The van der Waals surface area contributed by atoms with Crippen molar-refractivity contribution in [3.63, 3.8) is 0 Å². The topological polar surface area (TPSA) is 45.7 Å². The van der Waals surface area contributed by atoms with Crippen LogP contribution in [0, 0.1) is 5.92 Å². The number of nitrogens with zero attached hydrogens (tertiary/aromatic N) is 1. The van der Waals surface area contributed by atoms with Crippen molar-refractivity contribution in [2.45, 2.75) is 25.7 Å². The predicted octanol–water partition coefficient (Wildman–Crippen LogP) is 3.62. The first kappa shape index (κ1) is 21.4. The van der Waals surface area contributed by atoms with Crippen LogP contribution in [0.2, 0.25) is 0 Å². The molecule has 0 amide bonds. The Morgan fingerprint density at radius 1 is 1.23 bits per heavy atom. The summed E-state index contributed by atoms with van der Waals surface area (Å²) < 4.78 is 5.37. The Morgan fingerprint density at radius 2 is 1.86 bits per heavy atom. The van der Waals surface area contributed by atoms with Gasteiger partial charge in [-0.1, -0.05) is 19.1 Å². The minimum Gasteiger partial charge on any atom is -0.496 e. The fourth-order valence-corrected chi connectivity index (χ4v) is 2.82. The lowest BCUT2D eigenvalue weighted by Crippen LogP contribution is -2.37. The van der Waals surface area contributed by atoms with Gasteiger partial charge in [-0.25, -0.2) is 0 Å². The number of para-hydroxylation sites is 1. The molecule has 0 heterocycles. The van der Waals surface area contributed by atoms with Gasteiger partial charge in [0.05, 0.1) is 7.11 Å². The molecule has 1 rings (SSSR count). The molecule has 0 spiro atoms. The fraction of sp³-hybridized carbons (Fsp3) is 0.562. The summed E-state index contributed by atoms with van der Waals surface area (Å²) in [6, 6.07) is 8.14. The minimum atomic E-state index is 0. The van der Waals surface area contributed by atoms with Crippen LogP contribution in [0.5, 0.6) is 5.75 Å². The molecule has 4 nitrogen and oxygen atoms in total. The molecule has 0 aliphatic carbocycles. The third-order valence-corrected chi connectivity index (χ3v) is 4.23. The SMILES string of the molecule is CCNC(=NCC(C)CSc1ccccc1OC)NCC.I. The van der Waals surface area contributed by atoms with Gasteiger partial charge in [-0.15, -0.1) is 35.7 Å². The van der Waals surface area contributed by atoms with Gasteiger partial charge in [-0.05, 0) is 31.9 Å². The van der Waals surface area contributed by atoms with Crippen LogP contribution in [-0.2, 0) is 0 Å². The second-order valence-electron chi connectivity index (χ2n) is 4.82. The minimum absolute atomic E-state index is 0. The first-order valence-electron chi connectivity index (χ1n) is 7.49. The van der Waals surface area contributed by atoms with E-state index in [2.05, 4.69) is 42.5 Å². The van der Waals surface area contributed by atoms with Gasteiger partial charge in [-0.2, -0.15) is 0 Å². The molecule has 0 bridgehead atoms. The summed E-state index contributed by atoms with van der Waals surface area (Å²) >= 11 is 1.82. The van der Waals surface area contributed by atoms with E-state index in [1.165, 1.54) is 4.90 Å². The molecule has 2 N–H and O–H groups in total. The van der Waals surface area contributed by atoms with Crippen molar-refractivity contribution < 1.29 is 4.74 Å². The molecule has 6 heteroatoms. The van der Waals surface area contributed by atoms with Crippen molar-refractivity contribution in [1.82, 2.24) is 10.6 Å². The van der Waals surface area contributed by atoms with Gasteiger partial charge in [0.2, 0.25) is 0 Å². The van der Waals surface area contributed by atoms with E-state index < -0.39 is 0 Å². The number of nitrogens with one attached hydrogen (secondary N) is 2. The maximum atomic E-state index is 5.37.